The van der Waals surface area contributed by atoms with Gasteiger partial charge in [0, 0.05) is 10.8 Å². The molecule has 0 aromatic heterocycles. The molecule has 0 N–H and O–H groups in total. The highest BCUT2D eigenvalue weighted by Crippen LogP contribution is 2.36. The van der Waals surface area contributed by atoms with Crippen molar-refractivity contribution in [1.29, 1.82) is 0 Å². The van der Waals surface area contributed by atoms with Gasteiger partial charge in [-0.25, -0.2) is 4.79 Å². The standard InChI is InChI=1S/C20H19F5O5/c1-3-12(2)18(27)30-16-9-5-6-13-14(16)7-4-8-15(13)28-10-17(26)29-11-19(21,22)20(23,24)25/h4-9,12H,3,10-11H2,1-2H3. The van der Waals surface area contributed by atoms with Crippen molar-refractivity contribution in [3.63, 3.8) is 0 Å². The zero-order valence-electron chi connectivity index (χ0n) is 16.1. The summed E-state index contributed by atoms with van der Waals surface area (Å²) < 4.78 is 76.5. The van der Waals surface area contributed by atoms with E-state index in [0.29, 0.717) is 17.2 Å². The molecule has 0 amide bonds. The van der Waals surface area contributed by atoms with Crippen molar-refractivity contribution in [2.45, 2.75) is 32.4 Å². The molecule has 2 rings (SSSR count). The third kappa shape index (κ3) is 5.58. The van der Waals surface area contributed by atoms with E-state index in [0.717, 1.165) is 0 Å². The predicted molar refractivity (Wildman–Crippen MR) is 96.5 cm³/mol. The molecule has 0 fully saturated rings. The van der Waals surface area contributed by atoms with Crippen LogP contribution in [0, 0.1) is 5.92 Å². The van der Waals surface area contributed by atoms with Gasteiger partial charge in [0.15, 0.2) is 13.2 Å². The number of esters is 2. The number of carbonyl (C=O) groups is 2. The number of hydrogen-bond acceptors (Lipinski definition) is 5. The Morgan fingerprint density at radius 3 is 2.10 bits per heavy atom. The molecule has 1 atom stereocenters. The number of hydrogen-bond donors (Lipinski definition) is 0. The first-order valence-electron chi connectivity index (χ1n) is 8.92. The first kappa shape index (κ1) is 23.4. The van der Waals surface area contributed by atoms with Crippen LogP contribution >= 0.6 is 0 Å². The minimum Gasteiger partial charge on any atom is -0.481 e. The zero-order valence-corrected chi connectivity index (χ0v) is 16.1. The first-order valence-corrected chi connectivity index (χ1v) is 8.92. The van der Waals surface area contributed by atoms with Crippen LogP contribution in [0.4, 0.5) is 22.0 Å². The maximum absolute atomic E-state index is 12.8. The Morgan fingerprint density at radius 1 is 0.967 bits per heavy atom. The summed E-state index contributed by atoms with van der Waals surface area (Å²) in [7, 11) is 0. The molecule has 0 heterocycles. The summed E-state index contributed by atoms with van der Waals surface area (Å²) in [6, 6.07) is 9.40. The van der Waals surface area contributed by atoms with Crippen LogP contribution in [0.3, 0.4) is 0 Å². The molecule has 10 heteroatoms. The molecule has 2 aromatic rings. The van der Waals surface area contributed by atoms with Crippen molar-refractivity contribution in [2.75, 3.05) is 13.2 Å². The minimum absolute atomic E-state index is 0.133. The van der Waals surface area contributed by atoms with Gasteiger partial charge in [-0.2, -0.15) is 22.0 Å². The molecule has 30 heavy (non-hydrogen) atoms. The van der Waals surface area contributed by atoms with Gasteiger partial charge < -0.3 is 14.2 Å². The maximum atomic E-state index is 12.8. The lowest BCUT2D eigenvalue weighted by Crippen LogP contribution is -2.41. The van der Waals surface area contributed by atoms with Crippen LogP contribution in [0.15, 0.2) is 36.4 Å². The molecule has 0 aliphatic heterocycles. The van der Waals surface area contributed by atoms with Gasteiger partial charge in [-0.05, 0) is 18.6 Å². The van der Waals surface area contributed by atoms with E-state index >= 15 is 0 Å². The number of fused-ring (bicyclic) bond motifs is 1. The lowest BCUT2D eigenvalue weighted by Gasteiger charge is -2.19. The van der Waals surface area contributed by atoms with E-state index in [1.54, 1.807) is 37.3 Å². The SMILES string of the molecule is CCC(C)C(=O)Oc1cccc2c(OCC(=O)OCC(F)(F)C(F)(F)F)cccc12. The molecule has 5 nitrogen and oxygen atoms in total. The molecule has 0 bridgehead atoms. The largest absolute Gasteiger partial charge is 0.481 e. The molecule has 0 spiro atoms. The summed E-state index contributed by atoms with van der Waals surface area (Å²) in [6.45, 7) is 0.536. The molecular weight excluding hydrogens is 415 g/mol. The number of ether oxygens (including phenoxy) is 3. The lowest BCUT2D eigenvalue weighted by atomic mass is 10.1. The topological polar surface area (TPSA) is 61.8 Å². The van der Waals surface area contributed by atoms with Crippen LogP contribution in [-0.4, -0.2) is 37.3 Å². The third-order valence-corrected chi connectivity index (χ3v) is 4.24. The Hall–Kier alpha value is -2.91. The molecule has 0 aliphatic carbocycles. The molecule has 0 radical (unpaired) electrons. The molecule has 164 valence electrons. The quantitative estimate of drug-likeness (QED) is 0.336. The predicted octanol–water partition coefficient (Wildman–Crippen LogP) is 4.91. The van der Waals surface area contributed by atoms with E-state index in [1.807, 2.05) is 6.92 Å². The van der Waals surface area contributed by atoms with E-state index in [1.165, 1.54) is 6.07 Å². The molecule has 0 saturated carbocycles. The number of halogens is 5. The van der Waals surface area contributed by atoms with Crippen molar-refractivity contribution in [1.82, 2.24) is 0 Å². The van der Waals surface area contributed by atoms with Crippen LogP contribution in [0.5, 0.6) is 11.5 Å². The van der Waals surface area contributed by atoms with Gasteiger partial charge in [-0.3, -0.25) is 4.79 Å². The molecular formula is C20H19F5O5. The Morgan fingerprint density at radius 2 is 1.53 bits per heavy atom. The van der Waals surface area contributed by atoms with Crippen molar-refractivity contribution in [3.05, 3.63) is 36.4 Å². The van der Waals surface area contributed by atoms with Crippen molar-refractivity contribution in [2.24, 2.45) is 5.92 Å². The van der Waals surface area contributed by atoms with E-state index < -0.39 is 37.3 Å². The highest BCUT2D eigenvalue weighted by atomic mass is 19.4. The average Bonchev–Trinajstić information content (AvgIpc) is 2.69. The van der Waals surface area contributed by atoms with E-state index in [4.69, 9.17) is 9.47 Å². The first-order chi connectivity index (χ1) is 14.0. The minimum atomic E-state index is -5.83. The fourth-order valence-corrected chi connectivity index (χ4v) is 2.27. The summed E-state index contributed by atoms with van der Waals surface area (Å²) in [5, 5.41) is 0.934. The Kier molecular flexibility index (Phi) is 7.22. The van der Waals surface area contributed by atoms with Gasteiger partial charge in [0.05, 0.1) is 5.92 Å². The maximum Gasteiger partial charge on any atom is 0.456 e. The van der Waals surface area contributed by atoms with Crippen LogP contribution < -0.4 is 9.47 Å². The van der Waals surface area contributed by atoms with Crippen molar-refractivity contribution >= 4 is 22.7 Å². The highest BCUT2D eigenvalue weighted by molar-refractivity contribution is 5.94. The van der Waals surface area contributed by atoms with Crippen molar-refractivity contribution in [3.8, 4) is 11.5 Å². The van der Waals surface area contributed by atoms with Gasteiger partial charge >= 0.3 is 24.0 Å². The van der Waals surface area contributed by atoms with Gasteiger partial charge in [-0.1, -0.05) is 38.1 Å². The summed E-state index contributed by atoms with van der Waals surface area (Å²) in [6.07, 6.45) is -5.24. The second kappa shape index (κ2) is 9.27. The Balaban J connectivity index is 2.09. The fraction of sp³-hybridized carbons (Fsp3) is 0.400. The Bertz CT molecular complexity index is 910. The van der Waals surface area contributed by atoms with Crippen LogP contribution in [0.1, 0.15) is 20.3 Å². The van der Waals surface area contributed by atoms with E-state index in [9.17, 15) is 31.5 Å². The molecule has 0 aliphatic rings. The second-order valence-corrected chi connectivity index (χ2v) is 6.49. The number of carbonyl (C=O) groups excluding carboxylic acids is 2. The van der Waals surface area contributed by atoms with E-state index in [-0.39, 0.29) is 17.4 Å². The molecule has 0 saturated heterocycles. The number of rotatable bonds is 8. The summed E-state index contributed by atoms with van der Waals surface area (Å²) in [5.74, 6) is -6.90. The van der Waals surface area contributed by atoms with Crippen molar-refractivity contribution < 1.29 is 45.8 Å². The fourth-order valence-electron chi connectivity index (χ4n) is 2.27. The normalized spacial score (nSPS) is 13.0. The summed E-state index contributed by atoms with van der Waals surface area (Å²) in [4.78, 5) is 23.6. The van der Waals surface area contributed by atoms with Gasteiger partial charge in [-0.15, -0.1) is 0 Å². The number of alkyl halides is 5. The highest BCUT2D eigenvalue weighted by Gasteiger charge is 2.58. The van der Waals surface area contributed by atoms with Gasteiger partial charge in [0.25, 0.3) is 0 Å². The molecule has 2 aromatic carbocycles. The molecule has 1 unspecified atom stereocenters. The number of benzene rings is 2. The second-order valence-electron chi connectivity index (χ2n) is 6.49. The van der Waals surface area contributed by atoms with Crippen LogP contribution in [0.2, 0.25) is 0 Å². The monoisotopic (exact) mass is 434 g/mol. The smallest absolute Gasteiger partial charge is 0.456 e. The summed E-state index contributed by atoms with van der Waals surface area (Å²) in [5.41, 5.74) is 0. The van der Waals surface area contributed by atoms with Crippen LogP contribution in [0.25, 0.3) is 10.8 Å². The Labute approximate surface area is 168 Å². The average molecular weight is 434 g/mol. The van der Waals surface area contributed by atoms with E-state index in [2.05, 4.69) is 4.74 Å². The van der Waals surface area contributed by atoms with Gasteiger partial charge in [0.1, 0.15) is 11.5 Å². The lowest BCUT2D eigenvalue weighted by molar-refractivity contribution is -0.294. The zero-order chi connectivity index (χ0) is 22.5. The summed E-state index contributed by atoms with van der Waals surface area (Å²) >= 11 is 0. The van der Waals surface area contributed by atoms with Gasteiger partial charge in [0.2, 0.25) is 0 Å². The van der Waals surface area contributed by atoms with Crippen LogP contribution in [-0.2, 0) is 14.3 Å². The third-order valence-electron chi connectivity index (χ3n) is 4.24.